The molecule has 5 rings (SSSR count). The van der Waals surface area contributed by atoms with Gasteiger partial charge in [0.15, 0.2) is 5.78 Å². The number of benzene rings is 1. The molecule has 2 saturated heterocycles. The van der Waals surface area contributed by atoms with E-state index in [9.17, 15) is 53.4 Å². The average molecular weight is 1140 g/mol. The zero-order valence-corrected chi connectivity index (χ0v) is 49.2. The number of fused-ring (bicyclic) bond motifs is 5. The van der Waals surface area contributed by atoms with E-state index in [-0.39, 0.29) is 54.3 Å². The fraction of sp³-hybridized carbons (Fsp3) is 0.672. The summed E-state index contributed by atoms with van der Waals surface area (Å²) in [5.41, 5.74) is 0.118. The van der Waals surface area contributed by atoms with Gasteiger partial charge in [0.2, 0.25) is 23.6 Å². The number of carbonyl (C=O) groups is 9. The minimum Gasteiger partial charge on any atom is -0.481 e. The Hall–Kier alpha value is -5.31. The molecule has 79 heavy (non-hydrogen) atoms. The molecule has 19 nitrogen and oxygen atoms in total. The summed E-state index contributed by atoms with van der Waals surface area (Å²) in [7, 11) is 3.01. The maximum atomic E-state index is 14.3. The van der Waals surface area contributed by atoms with Crippen molar-refractivity contribution >= 4 is 82.3 Å². The van der Waals surface area contributed by atoms with Gasteiger partial charge in [0.05, 0.1) is 40.9 Å². The number of nitrogens with zero attached hydrogens (tertiary/aromatic N) is 2. The molecule has 3 aliphatic heterocycles. The number of esters is 1. The van der Waals surface area contributed by atoms with Crippen molar-refractivity contribution in [2.45, 2.75) is 199 Å². The summed E-state index contributed by atoms with van der Waals surface area (Å²) in [5.74, 6) is -4.43. The molecular weight excluding hydrogens is 1060 g/mol. The van der Waals surface area contributed by atoms with Crippen LogP contribution < -0.4 is 20.9 Å². The lowest BCUT2D eigenvalue weighted by Crippen LogP contribution is -2.60. The van der Waals surface area contributed by atoms with Gasteiger partial charge in [0, 0.05) is 69.8 Å². The fourth-order valence-corrected chi connectivity index (χ4v) is 12.1. The van der Waals surface area contributed by atoms with Crippen LogP contribution in [0.15, 0.2) is 35.9 Å². The summed E-state index contributed by atoms with van der Waals surface area (Å²) in [5, 5.41) is 29.1. The number of carbonyl (C=O) groups excluding carboxylic acids is 8. The van der Waals surface area contributed by atoms with E-state index in [4.69, 9.17) is 25.8 Å². The number of anilines is 1. The molecule has 3 fully saturated rings. The van der Waals surface area contributed by atoms with Crippen LogP contribution in [0.25, 0.3) is 0 Å². The molecular formula is C58H84ClN5O14S. The Kier molecular flexibility index (Phi) is 23.6. The van der Waals surface area contributed by atoms with E-state index in [0.717, 1.165) is 54.1 Å². The van der Waals surface area contributed by atoms with Gasteiger partial charge in [-0.15, -0.1) is 11.8 Å². The standard InChI is InChI=1S/C58H84ClN5O14S/c1-11-48(67)61-42(38(7)65)18-13-12-14-19-44(66)41-22-20-39(21-23-41)32-60-54(72)46(29-51(70)71)79-25-24-49(68)63(9)37(6)55(73)77-47-30-50(69)64(10)43-28-40(27-34(3)52(43)59)26-33(2)16-15-17-35(4)58(75)31-45(76-56(74)62-58)36(5)53-57(47,8)78-53/h15-17,27-28,35-37,39,41-42,45-47,53,75H,11-14,18-26,29-32H2,1-10H3,(H,60,72)(H,61,67)(H,62,74)(H,70,71)/b17-15+,33-16+/t35?,36-,37+,39?,41?,42?,45?,46?,47+,53+,57+,58+/m1/s1. The summed E-state index contributed by atoms with van der Waals surface area (Å²) in [4.78, 5) is 120. The number of thioether (sulfide) groups is 1. The molecule has 0 radical (unpaired) electrons. The van der Waals surface area contributed by atoms with Crippen LogP contribution >= 0.6 is 23.4 Å². The number of allylic oxidation sites excluding steroid dienone is 3. The third kappa shape index (κ3) is 17.8. The van der Waals surface area contributed by atoms with E-state index in [1.54, 1.807) is 34.7 Å². The Bertz CT molecular complexity index is 2480. The van der Waals surface area contributed by atoms with Crippen molar-refractivity contribution in [1.29, 1.82) is 0 Å². The Morgan fingerprint density at radius 3 is 2.39 bits per heavy atom. The highest BCUT2D eigenvalue weighted by atomic mass is 35.5. The lowest BCUT2D eigenvalue weighted by molar-refractivity contribution is -0.162. The summed E-state index contributed by atoms with van der Waals surface area (Å²) >= 11 is 7.86. The van der Waals surface area contributed by atoms with Crippen molar-refractivity contribution in [2.24, 2.45) is 23.7 Å². The Morgan fingerprint density at radius 2 is 1.73 bits per heavy atom. The predicted molar refractivity (Wildman–Crippen MR) is 300 cm³/mol. The number of aryl methyl sites for hydroxylation is 1. The minimum absolute atomic E-state index is 0.00908. The number of alkyl carbamates (subject to hydrolysis) is 1. The number of nitrogens with one attached hydrogen (secondary N) is 3. The molecule has 1 aromatic rings. The number of carboxylic acid groups (broad SMARTS) is 1. The lowest BCUT2D eigenvalue weighted by atomic mass is 9.79. The largest absolute Gasteiger partial charge is 0.481 e. The van der Waals surface area contributed by atoms with Gasteiger partial charge in [0.1, 0.15) is 35.4 Å². The molecule has 3 heterocycles. The number of rotatable bonds is 22. The van der Waals surface area contributed by atoms with Gasteiger partial charge in [-0.1, -0.05) is 75.1 Å². The van der Waals surface area contributed by atoms with Crippen molar-refractivity contribution in [1.82, 2.24) is 20.9 Å². The number of likely N-dealkylation sites (N-methyl/N-ethyl adjacent to an activating group) is 1. The monoisotopic (exact) mass is 1140 g/mol. The van der Waals surface area contributed by atoms with Crippen LogP contribution in [-0.2, 0) is 59.0 Å². The molecule has 1 saturated carbocycles. The number of aliphatic carboxylic acids is 1. The highest BCUT2D eigenvalue weighted by Crippen LogP contribution is 2.49. The van der Waals surface area contributed by atoms with E-state index in [2.05, 4.69) is 16.0 Å². The number of amides is 5. The number of epoxide rings is 1. The Labute approximate surface area is 474 Å². The average Bonchev–Trinajstić information content (AvgIpc) is 4.23. The molecule has 10 atom stereocenters. The van der Waals surface area contributed by atoms with Crippen LogP contribution in [0.5, 0.6) is 0 Å². The Morgan fingerprint density at radius 1 is 1.04 bits per heavy atom. The topological polar surface area (TPSA) is 268 Å². The number of ketones is 2. The molecule has 5 N–H and O–H groups in total. The molecule has 0 aromatic heterocycles. The van der Waals surface area contributed by atoms with Crippen LogP contribution in [0.1, 0.15) is 149 Å². The first kappa shape index (κ1) is 64.5. The highest BCUT2D eigenvalue weighted by Gasteiger charge is 2.64. The summed E-state index contributed by atoms with van der Waals surface area (Å²) < 4.78 is 18.2. The van der Waals surface area contributed by atoms with Crippen molar-refractivity contribution in [3.63, 3.8) is 0 Å². The van der Waals surface area contributed by atoms with Crippen LogP contribution in [0.2, 0.25) is 5.02 Å². The second kappa shape index (κ2) is 28.9. The normalized spacial score (nSPS) is 28.4. The molecule has 4 bridgehead atoms. The number of unbranched alkanes of at least 4 members (excludes halogenated alkanes) is 2. The molecule has 5 amide bonds. The number of aliphatic hydroxyl groups is 1. The van der Waals surface area contributed by atoms with E-state index in [1.165, 1.54) is 30.7 Å². The molecule has 4 aliphatic rings. The van der Waals surface area contributed by atoms with E-state index in [0.29, 0.717) is 62.2 Å². The summed E-state index contributed by atoms with van der Waals surface area (Å²) in [6.07, 6.45) is 7.87. The molecule has 1 aliphatic carbocycles. The smallest absolute Gasteiger partial charge is 0.409 e. The third-order valence-electron chi connectivity index (χ3n) is 16.4. The second-order valence-electron chi connectivity index (χ2n) is 22.5. The van der Waals surface area contributed by atoms with Crippen LogP contribution in [-0.4, -0.2) is 142 Å². The van der Waals surface area contributed by atoms with Crippen molar-refractivity contribution in [3.05, 3.63) is 52.1 Å². The van der Waals surface area contributed by atoms with Crippen molar-refractivity contribution in [3.8, 4) is 0 Å². The maximum Gasteiger partial charge on any atom is 0.409 e. The first-order chi connectivity index (χ1) is 37.2. The zero-order chi connectivity index (χ0) is 58.5. The maximum absolute atomic E-state index is 14.3. The quantitative estimate of drug-likeness (QED) is 0.0432. The van der Waals surface area contributed by atoms with Crippen LogP contribution in [0.4, 0.5) is 10.5 Å². The fourth-order valence-electron chi connectivity index (χ4n) is 10.8. The van der Waals surface area contributed by atoms with Gasteiger partial charge in [-0.05, 0) is 103 Å². The number of ether oxygens (including phenoxy) is 3. The van der Waals surface area contributed by atoms with Crippen LogP contribution in [0.3, 0.4) is 0 Å². The molecule has 0 spiro atoms. The minimum atomic E-state index is -1.67. The van der Waals surface area contributed by atoms with E-state index in [1.807, 2.05) is 44.2 Å². The SMILES string of the molecule is CCC(=O)NC(CCCCCC(=O)C1CCC(CNC(=O)C(CC(=O)O)SCCC(=O)N(C)[C@@H](C)C(=O)O[C@H]2CC(=O)N(C)c3cc(cc(C)c3Cl)C/C(C)=C/C=C/C(C)[C@@]3(O)CC(OC(=O)N3)[C@@H](C)[C@@H]3O[C@@]23C)CC1)C(C)=O. The zero-order valence-electron chi connectivity index (χ0n) is 47.7. The van der Waals surface area contributed by atoms with E-state index >= 15 is 0 Å². The summed E-state index contributed by atoms with van der Waals surface area (Å²) in [6.45, 7) is 14.1. The van der Waals surface area contributed by atoms with Gasteiger partial charge < -0.3 is 44.9 Å². The highest BCUT2D eigenvalue weighted by molar-refractivity contribution is 8.00. The number of carboxylic acids is 1. The second-order valence-corrected chi connectivity index (χ2v) is 24.2. The predicted octanol–water partition coefficient (Wildman–Crippen LogP) is 7.33. The first-order valence-electron chi connectivity index (χ1n) is 27.9. The molecule has 21 heteroatoms. The lowest BCUT2D eigenvalue weighted by Gasteiger charge is -2.41. The first-order valence-corrected chi connectivity index (χ1v) is 29.3. The number of hydrogen-bond donors (Lipinski definition) is 5. The van der Waals surface area contributed by atoms with E-state index < -0.39 is 101 Å². The van der Waals surface area contributed by atoms with Crippen molar-refractivity contribution < 1.29 is 67.6 Å². The molecule has 1 aromatic carbocycles. The number of halogens is 1. The van der Waals surface area contributed by atoms with Gasteiger partial charge in [-0.2, -0.15) is 0 Å². The molecule has 4 unspecified atom stereocenters. The summed E-state index contributed by atoms with van der Waals surface area (Å²) in [6, 6.07) is 2.11. The molecule has 438 valence electrons. The van der Waals surface area contributed by atoms with Gasteiger partial charge in [0.25, 0.3) is 0 Å². The van der Waals surface area contributed by atoms with Crippen molar-refractivity contribution in [2.75, 3.05) is 31.3 Å². The number of Topliss-reactive ketones (excluding diaryl/α,β-unsaturated/α-hetero) is 2. The van der Waals surface area contributed by atoms with Gasteiger partial charge in [-0.25, -0.2) is 9.59 Å². The van der Waals surface area contributed by atoms with Crippen LogP contribution in [0, 0.1) is 30.6 Å². The number of hydrogen-bond acceptors (Lipinski definition) is 14. The third-order valence-corrected chi connectivity index (χ3v) is 18.1. The van der Waals surface area contributed by atoms with Gasteiger partial charge in [-0.3, -0.25) is 38.9 Å². The van der Waals surface area contributed by atoms with Gasteiger partial charge >= 0.3 is 18.0 Å². The Balaban J connectivity index is 1.17.